The maximum atomic E-state index is 3.81. The van der Waals surface area contributed by atoms with Gasteiger partial charge in [-0.1, -0.05) is 64.5 Å². The third kappa shape index (κ3) is 2.25. The fourth-order valence-corrected chi connectivity index (χ4v) is 2.33. The summed E-state index contributed by atoms with van der Waals surface area (Å²) in [6.45, 7) is 3.81. The average molecular weight is 273 g/mol. The topological polar surface area (TPSA) is 0 Å². The standard InChI is InChI=1S/C15H13Br/c1-2-7-14-13(10-6-11-15(14)16)12-8-4-3-5-9-12/h2-6,8-11H,1,7H2. The lowest BCUT2D eigenvalue weighted by Gasteiger charge is -2.10. The number of hydrogen-bond donors (Lipinski definition) is 0. The molecule has 0 aromatic heterocycles. The fourth-order valence-electron chi connectivity index (χ4n) is 1.80. The van der Waals surface area contributed by atoms with E-state index in [1.807, 2.05) is 12.1 Å². The van der Waals surface area contributed by atoms with Gasteiger partial charge in [0.25, 0.3) is 0 Å². The summed E-state index contributed by atoms with van der Waals surface area (Å²) in [6, 6.07) is 16.7. The van der Waals surface area contributed by atoms with Crippen LogP contribution in [0.3, 0.4) is 0 Å². The van der Waals surface area contributed by atoms with E-state index in [4.69, 9.17) is 0 Å². The molecule has 0 aliphatic carbocycles. The number of allylic oxidation sites excluding steroid dienone is 1. The molecule has 0 saturated carbocycles. The summed E-state index contributed by atoms with van der Waals surface area (Å²) >= 11 is 3.60. The van der Waals surface area contributed by atoms with Crippen LogP contribution in [0.4, 0.5) is 0 Å². The zero-order valence-corrected chi connectivity index (χ0v) is 10.6. The molecule has 0 N–H and O–H groups in total. The molecule has 0 saturated heterocycles. The Labute approximate surface area is 105 Å². The van der Waals surface area contributed by atoms with Crippen molar-refractivity contribution in [1.29, 1.82) is 0 Å². The predicted octanol–water partition coefficient (Wildman–Crippen LogP) is 4.84. The summed E-state index contributed by atoms with van der Waals surface area (Å²) < 4.78 is 1.15. The summed E-state index contributed by atoms with van der Waals surface area (Å²) in [6.07, 6.45) is 2.82. The van der Waals surface area contributed by atoms with Crippen molar-refractivity contribution in [2.45, 2.75) is 6.42 Å². The van der Waals surface area contributed by atoms with Crippen LogP contribution in [0.25, 0.3) is 11.1 Å². The van der Waals surface area contributed by atoms with Gasteiger partial charge >= 0.3 is 0 Å². The van der Waals surface area contributed by atoms with E-state index in [1.54, 1.807) is 0 Å². The van der Waals surface area contributed by atoms with Gasteiger partial charge < -0.3 is 0 Å². The Kier molecular flexibility index (Phi) is 3.58. The van der Waals surface area contributed by atoms with Gasteiger partial charge in [-0.15, -0.1) is 6.58 Å². The summed E-state index contributed by atoms with van der Waals surface area (Å²) in [4.78, 5) is 0. The van der Waals surface area contributed by atoms with Gasteiger partial charge in [-0.25, -0.2) is 0 Å². The van der Waals surface area contributed by atoms with E-state index < -0.39 is 0 Å². The number of rotatable bonds is 3. The largest absolute Gasteiger partial charge is 0.103 e. The van der Waals surface area contributed by atoms with Crippen molar-refractivity contribution < 1.29 is 0 Å². The van der Waals surface area contributed by atoms with Crippen LogP contribution in [0, 0.1) is 0 Å². The molecule has 0 bridgehead atoms. The maximum Gasteiger partial charge on any atom is 0.0216 e. The Morgan fingerprint density at radius 1 is 1.00 bits per heavy atom. The van der Waals surface area contributed by atoms with E-state index >= 15 is 0 Å². The molecule has 0 atom stereocenters. The second kappa shape index (κ2) is 5.13. The van der Waals surface area contributed by atoms with Crippen LogP contribution in [-0.4, -0.2) is 0 Å². The van der Waals surface area contributed by atoms with Crippen molar-refractivity contribution in [1.82, 2.24) is 0 Å². The third-order valence-corrected chi connectivity index (χ3v) is 3.30. The molecule has 0 aliphatic rings. The molecule has 0 unspecified atom stereocenters. The minimum Gasteiger partial charge on any atom is -0.103 e. The van der Waals surface area contributed by atoms with E-state index in [-0.39, 0.29) is 0 Å². The van der Waals surface area contributed by atoms with Crippen LogP contribution < -0.4 is 0 Å². The van der Waals surface area contributed by atoms with Gasteiger partial charge in [0.05, 0.1) is 0 Å². The zero-order valence-electron chi connectivity index (χ0n) is 8.99. The lowest BCUT2D eigenvalue weighted by molar-refractivity contribution is 1.26. The van der Waals surface area contributed by atoms with Crippen LogP contribution in [-0.2, 0) is 6.42 Å². The lowest BCUT2D eigenvalue weighted by Crippen LogP contribution is -1.89. The summed E-state index contributed by atoms with van der Waals surface area (Å²) in [7, 11) is 0. The Bertz CT molecular complexity index is 486. The first-order chi connectivity index (χ1) is 7.83. The molecule has 2 aromatic carbocycles. The SMILES string of the molecule is C=CCc1c(Br)cccc1-c1ccccc1. The molecule has 0 spiro atoms. The van der Waals surface area contributed by atoms with Crippen LogP contribution >= 0.6 is 15.9 Å². The molecule has 0 amide bonds. The van der Waals surface area contributed by atoms with E-state index in [9.17, 15) is 0 Å². The number of benzene rings is 2. The van der Waals surface area contributed by atoms with Crippen molar-refractivity contribution in [2.24, 2.45) is 0 Å². The van der Waals surface area contributed by atoms with E-state index in [0.717, 1.165) is 10.9 Å². The Hall–Kier alpha value is -1.34. The van der Waals surface area contributed by atoms with Crippen LogP contribution in [0.15, 0.2) is 65.7 Å². The van der Waals surface area contributed by atoms with Crippen molar-refractivity contribution in [3.8, 4) is 11.1 Å². The molecule has 0 aliphatic heterocycles. The van der Waals surface area contributed by atoms with Gasteiger partial charge in [-0.3, -0.25) is 0 Å². The van der Waals surface area contributed by atoms with Gasteiger partial charge in [-0.2, -0.15) is 0 Å². The lowest BCUT2D eigenvalue weighted by atomic mass is 9.98. The Morgan fingerprint density at radius 2 is 1.75 bits per heavy atom. The summed E-state index contributed by atoms with van der Waals surface area (Å²) in [5, 5.41) is 0. The first kappa shape index (κ1) is 11.2. The highest BCUT2D eigenvalue weighted by molar-refractivity contribution is 9.10. The average Bonchev–Trinajstić information content (AvgIpc) is 2.33. The second-order valence-corrected chi connectivity index (χ2v) is 4.48. The summed E-state index contributed by atoms with van der Waals surface area (Å²) in [5.41, 5.74) is 3.82. The quantitative estimate of drug-likeness (QED) is 0.701. The van der Waals surface area contributed by atoms with E-state index in [1.165, 1.54) is 16.7 Å². The van der Waals surface area contributed by atoms with E-state index in [2.05, 4.69) is 65.0 Å². The zero-order chi connectivity index (χ0) is 11.4. The highest BCUT2D eigenvalue weighted by Gasteiger charge is 2.06. The summed E-state index contributed by atoms with van der Waals surface area (Å²) in [5.74, 6) is 0. The molecule has 2 aromatic rings. The van der Waals surface area contributed by atoms with Gasteiger partial charge in [0, 0.05) is 4.47 Å². The molecule has 0 radical (unpaired) electrons. The maximum absolute atomic E-state index is 3.81. The fraction of sp³-hybridized carbons (Fsp3) is 0.0667. The van der Waals surface area contributed by atoms with Crippen molar-refractivity contribution in [3.63, 3.8) is 0 Å². The normalized spacial score (nSPS) is 10.1. The molecule has 1 heteroatoms. The smallest absolute Gasteiger partial charge is 0.0216 e. The monoisotopic (exact) mass is 272 g/mol. The molecule has 80 valence electrons. The molecule has 0 fully saturated rings. The van der Waals surface area contributed by atoms with Crippen molar-refractivity contribution in [2.75, 3.05) is 0 Å². The Morgan fingerprint density at radius 3 is 2.44 bits per heavy atom. The third-order valence-electron chi connectivity index (χ3n) is 2.55. The highest BCUT2D eigenvalue weighted by atomic mass is 79.9. The van der Waals surface area contributed by atoms with Crippen LogP contribution in [0.2, 0.25) is 0 Å². The van der Waals surface area contributed by atoms with E-state index in [0.29, 0.717) is 0 Å². The predicted molar refractivity (Wildman–Crippen MR) is 73.5 cm³/mol. The minimum atomic E-state index is 0.881. The first-order valence-electron chi connectivity index (χ1n) is 5.26. The van der Waals surface area contributed by atoms with Crippen LogP contribution in [0.1, 0.15) is 5.56 Å². The Balaban J connectivity index is 2.56. The van der Waals surface area contributed by atoms with Gasteiger partial charge in [0.2, 0.25) is 0 Å². The highest BCUT2D eigenvalue weighted by Crippen LogP contribution is 2.29. The van der Waals surface area contributed by atoms with Crippen molar-refractivity contribution >= 4 is 15.9 Å². The molecular formula is C15H13Br. The van der Waals surface area contributed by atoms with Gasteiger partial charge in [0.1, 0.15) is 0 Å². The van der Waals surface area contributed by atoms with Crippen LogP contribution in [0.5, 0.6) is 0 Å². The molecule has 2 rings (SSSR count). The van der Waals surface area contributed by atoms with Gasteiger partial charge in [-0.05, 0) is 29.2 Å². The number of halogens is 1. The van der Waals surface area contributed by atoms with Crippen molar-refractivity contribution in [3.05, 3.63) is 71.2 Å². The first-order valence-corrected chi connectivity index (χ1v) is 6.06. The minimum absolute atomic E-state index is 0.881. The van der Waals surface area contributed by atoms with Gasteiger partial charge in [0.15, 0.2) is 0 Å². The molecule has 16 heavy (non-hydrogen) atoms. The molecule has 0 nitrogen and oxygen atoms in total. The number of hydrogen-bond acceptors (Lipinski definition) is 0. The molecule has 0 heterocycles. The molecular weight excluding hydrogens is 260 g/mol. The second-order valence-electron chi connectivity index (χ2n) is 3.62.